The summed E-state index contributed by atoms with van der Waals surface area (Å²) in [5, 5.41) is -0.0319. The van der Waals surface area contributed by atoms with Crippen LogP contribution in [0.4, 0.5) is 0 Å². The molecule has 0 saturated carbocycles. The lowest BCUT2D eigenvalue weighted by molar-refractivity contribution is 0.0355. The molecule has 2 N–H and O–H groups in total. The van der Waals surface area contributed by atoms with Crippen LogP contribution in [0.25, 0.3) is 0 Å². The van der Waals surface area contributed by atoms with Crippen molar-refractivity contribution in [1.29, 1.82) is 0 Å². The summed E-state index contributed by atoms with van der Waals surface area (Å²) in [7, 11) is -2.75. The van der Waals surface area contributed by atoms with E-state index in [0.717, 1.165) is 19.3 Å². The number of rotatable bonds is 15. The molecular formula is C17H39NO3Si. The summed E-state index contributed by atoms with van der Waals surface area (Å²) in [5.41, 5.74) is 6.00. The van der Waals surface area contributed by atoms with E-state index in [9.17, 15) is 0 Å². The molecule has 134 valence electrons. The van der Waals surface area contributed by atoms with Gasteiger partial charge in [0, 0.05) is 24.9 Å². The maximum absolute atomic E-state index is 6.26. The Morgan fingerprint density at radius 1 is 0.727 bits per heavy atom. The van der Waals surface area contributed by atoms with Crippen molar-refractivity contribution in [3.8, 4) is 0 Å². The molecule has 0 aromatic carbocycles. The highest BCUT2D eigenvalue weighted by Gasteiger charge is 2.59. The second-order valence-corrected chi connectivity index (χ2v) is 8.92. The van der Waals surface area contributed by atoms with Crippen LogP contribution in [0.15, 0.2) is 0 Å². The Kier molecular flexibility index (Phi) is 12.5. The quantitative estimate of drug-likeness (QED) is 0.448. The molecule has 22 heavy (non-hydrogen) atoms. The molecule has 0 aromatic rings. The highest BCUT2D eigenvalue weighted by atomic mass is 28.4. The maximum Gasteiger partial charge on any atom is 0.507 e. The molecule has 0 fully saturated rings. The summed E-state index contributed by atoms with van der Waals surface area (Å²) in [6.45, 7) is 13.1. The fraction of sp³-hybridized carbons (Fsp3) is 1.00. The first kappa shape index (κ1) is 22.1. The van der Waals surface area contributed by atoms with Gasteiger partial charge in [0.05, 0.1) is 0 Å². The first-order chi connectivity index (χ1) is 10.6. The van der Waals surface area contributed by atoms with E-state index in [1.165, 1.54) is 25.7 Å². The largest absolute Gasteiger partial charge is 0.507 e. The highest BCUT2D eigenvalue weighted by Crippen LogP contribution is 2.51. The average molecular weight is 334 g/mol. The first-order valence-corrected chi connectivity index (χ1v) is 11.0. The molecule has 0 heterocycles. The van der Waals surface area contributed by atoms with E-state index in [0.29, 0.717) is 26.4 Å². The third kappa shape index (κ3) is 5.93. The smallest absolute Gasteiger partial charge is 0.373 e. The fourth-order valence-corrected chi connectivity index (χ4v) is 7.02. The monoisotopic (exact) mass is 333 g/mol. The van der Waals surface area contributed by atoms with E-state index >= 15 is 0 Å². The number of unbranched alkanes of at least 4 members (excludes halogenated alkanes) is 2. The minimum absolute atomic E-state index is 0.0319. The SMILES string of the molecule is CCCCC(CCN)(CCCC)[Si](OCC)(OCC)OCC. The molecule has 0 saturated heterocycles. The van der Waals surface area contributed by atoms with E-state index in [2.05, 4.69) is 13.8 Å². The van der Waals surface area contributed by atoms with Crippen LogP contribution in [0, 0.1) is 0 Å². The summed E-state index contributed by atoms with van der Waals surface area (Å²) < 4.78 is 18.8. The molecule has 0 atom stereocenters. The van der Waals surface area contributed by atoms with Crippen LogP contribution in [0.2, 0.25) is 5.04 Å². The van der Waals surface area contributed by atoms with Crippen molar-refractivity contribution in [2.45, 2.75) is 84.6 Å². The van der Waals surface area contributed by atoms with Gasteiger partial charge in [0.1, 0.15) is 0 Å². The molecular weight excluding hydrogens is 294 g/mol. The zero-order valence-electron chi connectivity index (χ0n) is 15.6. The first-order valence-electron chi connectivity index (χ1n) is 9.23. The van der Waals surface area contributed by atoms with Gasteiger partial charge in [-0.25, -0.2) is 0 Å². The van der Waals surface area contributed by atoms with Crippen molar-refractivity contribution >= 4 is 8.80 Å². The Balaban J connectivity index is 5.69. The number of nitrogens with two attached hydrogens (primary N) is 1. The molecule has 0 aliphatic carbocycles. The topological polar surface area (TPSA) is 53.7 Å². The lowest BCUT2D eigenvalue weighted by Gasteiger charge is -2.45. The van der Waals surface area contributed by atoms with Crippen LogP contribution >= 0.6 is 0 Å². The van der Waals surface area contributed by atoms with Gasteiger partial charge in [0.25, 0.3) is 0 Å². The zero-order valence-corrected chi connectivity index (χ0v) is 16.6. The second kappa shape index (κ2) is 12.5. The van der Waals surface area contributed by atoms with Crippen LogP contribution in [-0.2, 0) is 13.3 Å². The second-order valence-electron chi connectivity index (χ2n) is 5.88. The molecule has 0 aliphatic heterocycles. The number of hydrogen-bond acceptors (Lipinski definition) is 4. The Morgan fingerprint density at radius 3 is 1.41 bits per heavy atom. The Labute approximate surface area is 139 Å². The van der Waals surface area contributed by atoms with E-state index < -0.39 is 8.80 Å². The van der Waals surface area contributed by atoms with E-state index in [4.69, 9.17) is 19.0 Å². The summed E-state index contributed by atoms with van der Waals surface area (Å²) in [5.74, 6) is 0. The van der Waals surface area contributed by atoms with Gasteiger partial charge in [-0.3, -0.25) is 0 Å². The minimum Gasteiger partial charge on any atom is -0.373 e. The summed E-state index contributed by atoms with van der Waals surface area (Å²) in [6.07, 6.45) is 7.80. The van der Waals surface area contributed by atoms with Gasteiger partial charge >= 0.3 is 8.80 Å². The lowest BCUT2D eigenvalue weighted by Crippen LogP contribution is -2.57. The van der Waals surface area contributed by atoms with Crippen molar-refractivity contribution in [3.63, 3.8) is 0 Å². The predicted octanol–water partition coefficient (Wildman–Crippen LogP) is 4.50. The highest BCUT2D eigenvalue weighted by molar-refractivity contribution is 6.64. The van der Waals surface area contributed by atoms with Crippen molar-refractivity contribution < 1.29 is 13.3 Å². The molecule has 0 unspecified atom stereocenters. The van der Waals surface area contributed by atoms with Crippen LogP contribution in [0.3, 0.4) is 0 Å². The normalized spacial score (nSPS) is 12.8. The van der Waals surface area contributed by atoms with Gasteiger partial charge in [-0.15, -0.1) is 0 Å². The molecule has 0 spiro atoms. The average Bonchev–Trinajstić information content (AvgIpc) is 2.50. The summed E-state index contributed by atoms with van der Waals surface area (Å²) in [4.78, 5) is 0. The van der Waals surface area contributed by atoms with Crippen LogP contribution in [0.5, 0.6) is 0 Å². The van der Waals surface area contributed by atoms with E-state index in [-0.39, 0.29) is 5.04 Å². The standard InChI is InChI=1S/C17H39NO3Si/c1-6-11-13-17(15-16-18,14-12-7-2)22(19-8-3,20-9-4)21-10-5/h6-16,18H2,1-5H3. The lowest BCUT2D eigenvalue weighted by atomic mass is 9.91. The van der Waals surface area contributed by atoms with Crippen LogP contribution in [-0.4, -0.2) is 35.2 Å². The molecule has 0 amide bonds. The Bertz CT molecular complexity index is 239. The predicted molar refractivity (Wildman–Crippen MR) is 96.0 cm³/mol. The van der Waals surface area contributed by atoms with Crippen molar-refractivity contribution in [3.05, 3.63) is 0 Å². The summed E-state index contributed by atoms with van der Waals surface area (Å²) in [6, 6.07) is 0. The summed E-state index contributed by atoms with van der Waals surface area (Å²) >= 11 is 0. The zero-order chi connectivity index (χ0) is 16.9. The molecule has 0 aliphatic rings. The van der Waals surface area contributed by atoms with Crippen molar-refractivity contribution in [2.75, 3.05) is 26.4 Å². The molecule has 0 bridgehead atoms. The van der Waals surface area contributed by atoms with Gasteiger partial charge in [0.2, 0.25) is 0 Å². The molecule has 5 heteroatoms. The van der Waals surface area contributed by atoms with E-state index in [1.54, 1.807) is 0 Å². The van der Waals surface area contributed by atoms with Gasteiger partial charge in [-0.2, -0.15) is 0 Å². The Hall–Kier alpha value is 0.0569. The minimum atomic E-state index is -2.75. The van der Waals surface area contributed by atoms with E-state index in [1.807, 2.05) is 20.8 Å². The van der Waals surface area contributed by atoms with Crippen molar-refractivity contribution in [2.24, 2.45) is 5.73 Å². The van der Waals surface area contributed by atoms with Gasteiger partial charge in [0.15, 0.2) is 0 Å². The molecule has 0 rings (SSSR count). The maximum atomic E-state index is 6.26. The van der Waals surface area contributed by atoms with Gasteiger partial charge in [-0.05, 0) is 46.6 Å². The van der Waals surface area contributed by atoms with Gasteiger partial charge in [-0.1, -0.05) is 39.5 Å². The van der Waals surface area contributed by atoms with Crippen LogP contribution < -0.4 is 5.73 Å². The third-order valence-electron chi connectivity index (χ3n) is 4.29. The molecule has 0 aromatic heterocycles. The fourth-order valence-electron chi connectivity index (χ4n) is 3.30. The third-order valence-corrected chi connectivity index (χ3v) is 8.35. The molecule has 4 nitrogen and oxygen atoms in total. The van der Waals surface area contributed by atoms with Crippen molar-refractivity contribution in [1.82, 2.24) is 0 Å². The van der Waals surface area contributed by atoms with Gasteiger partial charge < -0.3 is 19.0 Å². The number of hydrogen-bond donors (Lipinski definition) is 1. The Morgan fingerprint density at radius 2 is 1.14 bits per heavy atom. The van der Waals surface area contributed by atoms with Crippen LogP contribution in [0.1, 0.15) is 79.6 Å². The molecule has 0 radical (unpaired) electrons.